The van der Waals surface area contributed by atoms with Gasteiger partial charge in [-0.15, -0.1) is 5.26 Å². The molecule has 0 spiro atoms. The van der Waals surface area contributed by atoms with Crippen LogP contribution in [0.15, 0.2) is 24.3 Å². The second kappa shape index (κ2) is 9.01. The maximum absolute atomic E-state index is 9.42. The minimum atomic E-state index is -1.95. The Balaban J connectivity index is 2.41. The van der Waals surface area contributed by atoms with Crippen LogP contribution in [0.25, 0.3) is 0 Å². The van der Waals surface area contributed by atoms with E-state index >= 15 is 0 Å². The molecule has 0 atom stereocenters. The smallest absolute Gasteiger partial charge is 0.407 e. The van der Waals surface area contributed by atoms with E-state index in [9.17, 15) is 5.26 Å². The van der Waals surface area contributed by atoms with Crippen LogP contribution in [-0.4, -0.2) is 0 Å². The van der Waals surface area contributed by atoms with Crippen molar-refractivity contribution in [2.75, 3.05) is 0 Å². The third-order valence-corrected chi connectivity index (χ3v) is 7.40. The summed E-state index contributed by atoms with van der Waals surface area (Å²) in [6, 6.07) is 9.01. The molecule has 0 saturated heterocycles. The van der Waals surface area contributed by atoms with E-state index in [1.165, 1.54) is 11.1 Å². The summed E-state index contributed by atoms with van der Waals surface area (Å²) in [7, 11) is -1.95. The highest BCUT2D eigenvalue weighted by atomic mass is 31.2. The Bertz CT molecular complexity index is 1070. The SMILES string of the molecule is CC(C)(C)c1cc2c(c(C(C)(C)C)c1)OP(OC#N)Oc1c(cc(C(C)(C)C)cc1C(C)(C)C)C2. The predicted octanol–water partition coefficient (Wildman–Crippen LogP) is 8.96. The molecule has 2 aromatic rings. The fourth-order valence-corrected chi connectivity index (χ4v) is 5.19. The number of nitrogens with zero attached hydrogens (tertiary/aromatic N) is 1. The molecule has 0 aromatic heterocycles. The van der Waals surface area contributed by atoms with Gasteiger partial charge in [0.1, 0.15) is 11.5 Å². The summed E-state index contributed by atoms with van der Waals surface area (Å²) < 4.78 is 18.2. The zero-order valence-electron chi connectivity index (χ0n) is 23.6. The van der Waals surface area contributed by atoms with E-state index in [0.717, 1.165) is 33.8 Å². The number of rotatable bonds is 1. The van der Waals surface area contributed by atoms with Crippen LogP contribution in [0.3, 0.4) is 0 Å². The Hall–Kier alpha value is -2.24. The summed E-state index contributed by atoms with van der Waals surface area (Å²) in [5.41, 5.74) is 6.58. The molecule has 190 valence electrons. The normalized spacial score (nSPS) is 15.1. The summed E-state index contributed by atoms with van der Waals surface area (Å²) in [6.07, 6.45) is 2.49. The molecule has 4 nitrogen and oxygen atoms in total. The molecule has 0 fully saturated rings. The lowest BCUT2D eigenvalue weighted by Crippen LogP contribution is -2.22. The first kappa shape index (κ1) is 27.3. The molecule has 1 heterocycles. The lowest BCUT2D eigenvalue weighted by atomic mass is 9.76. The fourth-order valence-electron chi connectivity index (χ4n) is 4.28. The van der Waals surface area contributed by atoms with Gasteiger partial charge in [-0.2, -0.15) is 0 Å². The molecule has 0 N–H and O–H groups in total. The van der Waals surface area contributed by atoms with Crippen molar-refractivity contribution >= 4 is 8.60 Å². The van der Waals surface area contributed by atoms with Gasteiger partial charge in [-0.05, 0) is 43.9 Å². The van der Waals surface area contributed by atoms with Crippen LogP contribution in [0.1, 0.15) is 116 Å². The van der Waals surface area contributed by atoms with Gasteiger partial charge in [-0.1, -0.05) is 107 Å². The van der Waals surface area contributed by atoms with Crippen LogP contribution in [0.2, 0.25) is 0 Å². The molecule has 0 bridgehead atoms. The summed E-state index contributed by atoms with van der Waals surface area (Å²) in [4.78, 5) is 0. The Kier molecular flexibility index (Phi) is 7.04. The van der Waals surface area contributed by atoms with Gasteiger partial charge in [0.2, 0.25) is 0 Å². The van der Waals surface area contributed by atoms with Crippen molar-refractivity contribution in [2.24, 2.45) is 0 Å². The van der Waals surface area contributed by atoms with Crippen molar-refractivity contribution in [3.8, 4) is 17.8 Å². The first-order valence-electron chi connectivity index (χ1n) is 12.4. The van der Waals surface area contributed by atoms with Gasteiger partial charge in [0.25, 0.3) is 6.26 Å². The van der Waals surface area contributed by atoms with Crippen molar-refractivity contribution in [2.45, 2.75) is 111 Å². The quantitative estimate of drug-likeness (QED) is 0.293. The van der Waals surface area contributed by atoms with E-state index in [2.05, 4.69) is 107 Å². The molecule has 0 aliphatic carbocycles. The molecule has 2 aromatic carbocycles. The Morgan fingerprint density at radius 2 is 1.03 bits per heavy atom. The number of nitriles is 1. The summed E-state index contributed by atoms with van der Waals surface area (Å²) in [6.45, 7) is 26.6. The van der Waals surface area contributed by atoms with E-state index in [0.29, 0.717) is 6.42 Å². The number of hydrogen-bond acceptors (Lipinski definition) is 4. The highest BCUT2D eigenvalue weighted by Crippen LogP contribution is 2.53. The predicted molar refractivity (Wildman–Crippen MR) is 145 cm³/mol. The molecule has 0 amide bonds. The van der Waals surface area contributed by atoms with Gasteiger partial charge in [-0.25, -0.2) is 0 Å². The van der Waals surface area contributed by atoms with Crippen molar-refractivity contribution < 1.29 is 13.6 Å². The van der Waals surface area contributed by atoms with Crippen LogP contribution in [-0.2, 0) is 32.6 Å². The van der Waals surface area contributed by atoms with Gasteiger partial charge < -0.3 is 13.6 Å². The minimum absolute atomic E-state index is 0.0194. The molecule has 1 aliphatic heterocycles. The topological polar surface area (TPSA) is 51.5 Å². The van der Waals surface area contributed by atoms with Crippen LogP contribution in [0.5, 0.6) is 11.5 Å². The van der Waals surface area contributed by atoms with Gasteiger partial charge >= 0.3 is 8.60 Å². The van der Waals surface area contributed by atoms with E-state index in [1.807, 2.05) is 6.26 Å². The summed E-state index contributed by atoms with van der Waals surface area (Å²) >= 11 is 0. The van der Waals surface area contributed by atoms with Gasteiger partial charge in [0.15, 0.2) is 0 Å². The third kappa shape index (κ3) is 5.95. The fraction of sp³-hybridized carbons (Fsp3) is 0.567. The number of fused-ring (bicyclic) bond motifs is 2. The first-order valence-corrected chi connectivity index (χ1v) is 13.5. The third-order valence-electron chi connectivity index (χ3n) is 6.51. The maximum atomic E-state index is 9.42. The Labute approximate surface area is 214 Å². The van der Waals surface area contributed by atoms with Crippen LogP contribution >= 0.6 is 8.60 Å². The first-order chi connectivity index (χ1) is 15.8. The lowest BCUT2D eigenvalue weighted by Gasteiger charge is -2.33. The van der Waals surface area contributed by atoms with Crippen LogP contribution in [0, 0.1) is 11.5 Å². The van der Waals surface area contributed by atoms with Gasteiger partial charge in [0, 0.05) is 17.5 Å². The Morgan fingerprint density at radius 3 is 1.31 bits per heavy atom. The summed E-state index contributed by atoms with van der Waals surface area (Å²) in [5, 5.41) is 9.42. The highest BCUT2D eigenvalue weighted by Gasteiger charge is 2.35. The lowest BCUT2D eigenvalue weighted by molar-refractivity contribution is 0.351. The highest BCUT2D eigenvalue weighted by molar-refractivity contribution is 7.42. The Morgan fingerprint density at radius 1 is 0.657 bits per heavy atom. The largest absolute Gasteiger partial charge is 0.540 e. The molecule has 0 radical (unpaired) electrons. The van der Waals surface area contributed by atoms with Crippen molar-refractivity contribution in [3.63, 3.8) is 0 Å². The van der Waals surface area contributed by atoms with Crippen LogP contribution in [0.4, 0.5) is 0 Å². The molecule has 0 unspecified atom stereocenters. The zero-order valence-corrected chi connectivity index (χ0v) is 24.5. The monoisotopic (exact) mass is 495 g/mol. The molecule has 0 saturated carbocycles. The molecular weight excluding hydrogens is 453 g/mol. The standard InChI is InChI=1S/C30H42NO3P/c1-27(2,3)21-14-19-13-20-15-22(28(4,5)6)17-24(30(10,11)12)26(20)34-35(32-18-31)33-25(19)23(16-21)29(7,8)9/h14-17H,13H2,1-12H3. The second-order valence-corrected chi connectivity index (χ2v) is 14.8. The van der Waals surface area contributed by atoms with E-state index < -0.39 is 8.60 Å². The maximum Gasteiger partial charge on any atom is 0.540 e. The number of benzene rings is 2. The van der Waals surface area contributed by atoms with E-state index in [-0.39, 0.29) is 21.7 Å². The van der Waals surface area contributed by atoms with E-state index in [1.54, 1.807) is 0 Å². The minimum Gasteiger partial charge on any atom is -0.407 e. The van der Waals surface area contributed by atoms with Crippen molar-refractivity contribution in [1.82, 2.24) is 0 Å². The van der Waals surface area contributed by atoms with Crippen molar-refractivity contribution in [1.29, 1.82) is 5.26 Å². The van der Waals surface area contributed by atoms with Crippen LogP contribution < -0.4 is 9.05 Å². The average molecular weight is 496 g/mol. The molecule has 1 aliphatic rings. The average Bonchev–Trinajstić information content (AvgIpc) is 2.65. The molecule has 35 heavy (non-hydrogen) atoms. The van der Waals surface area contributed by atoms with Gasteiger partial charge in [-0.3, -0.25) is 0 Å². The van der Waals surface area contributed by atoms with Crippen molar-refractivity contribution in [3.05, 3.63) is 57.6 Å². The molecular formula is C30H42NO3P. The molecule has 5 heteroatoms. The van der Waals surface area contributed by atoms with Gasteiger partial charge in [0.05, 0.1) is 0 Å². The number of hydrogen-bond donors (Lipinski definition) is 0. The zero-order chi connectivity index (χ0) is 26.6. The molecule has 3 rings (SSSR count). The summed E-state index contributed by atoms with van der Waals surface area (Å²) in [5.74, 6) is 1.55. The second-order valence-electron chi connectivity index (χ2n) is 13.8. The van der Waals surface area contributed by atoms with E-state index in [4.69, 9.17) is 13.6 Å².